The monoisotopic (exact) mass is 1290 g/mol. The van der Waals surface area contributed by atoms with E-state index < -0.39 is 57.8 Å². The molecule has 0 aromatic heterocycles. The highest BCUT2D eigenvalue weighted by atomic mass is 35.5. The van der Waals surface area contributed by atoms with Gasteiger partial charge in [0.2, 0.25) is 0 Å². The van der Waals surface area contributed by atoms with E-state index in [1.807, 2.05) is 60.7 Å². The number of carbonyl (C=O) groups is 4. The molecule has 0 aliphatic carbocycles. The van der Waals surface area contributed by atoms with Gasteiger partial charge in [0.25, 0.3) is 11.4 Å². The van der Waals surface area contributed by atoms with Crippen LogP contribution in [0.4, 0.5) is 11.4 Å². The first-order chi connectivity index (χ1) is 42.2. The molecular formula is C66H88Cl2N6O16. The number of esters is 2. The third-order valence-electron chi connectivity index (χ3n) is 15.3. The van der Waals surface area contributed by atoms with Crippen molar-refractivity contribution in [2.24, 2.45) is 0 Å². The number of para-hydroxylation sites is 2. The van der Waals surface area contributed by atoms with Gasteiger partial charge < -0.3 is 60.2 Å². The summed E-state index contributed by atoms with van der Waals surface area (Å²) in [4.78, 5) is 74.5. The van der Waals surface area contributed by atoms with Crippen LogP contribution in [-0.4, -0.2) is 130 Å². The van der Waals surface area contributed by atoms with Crippen molar-refractivity contribution in [1.82, 2.24) is 20.9 Å². The highest BCUT2D eigenvalue weighted by Crippen LogP contribution is 2.44. The highest BCUT2D eigenvalue weighted by molar-refractivity contribution is 6.00. The summed E-state index contributed by atoms with van der Waals surface area (Å²) in [5.41, 5.74) is 2.32. The molecule has 24 heteroatoms. The van der Waals surface area contributed by atoms with E-state index in [4.69, 9.17) is 18.9 Å². The molecule has 7 N–H and O–H groups in total. The zero-order valence-corrected chi connectivity index (χ0v) is 53.7. The van der Waals surface area contributed by atoms with Crippen molar-refractivity contribution < 1.29 is 68.4 Å². The van der Waals surface area contributed by atoms with E-state index in [1.54, 1.807) is 37.9 Å². The van der Waals surface area contributed by atoms with E-state index >= 15 is 0 Å². The fourth-order valence-electron chi connectivity index (χ4n) is 10.4. The van der Waals surface area contributed by atoms with Crippen LogP contribution in [-0.2, 0) is 28.7 Å². The number of nitro benzene ring substituents is 2. The number of hydrogen-bond donors (Lipinski definition) is 7. The number of halogens is 2. The maximum Gasteiger partial charge on any atom is 0.336 e. The molecule has 0 fully saturated rings. The smallest absolute Gasteiger partial charge is 0.336 e. The Kier molecular flexibility index (Phi) is 33.9. The van der Waals surface area contributed by atoms with Gasteiger partial charge in [0.1, 0.15) is 36.9 Å². The fraction of sp³-hybridized carbons (Fsp3) is 0.455. The highest BCUT2D eigenvalue weighted by Gasteiger charge is 2.41. The van der Waals surface area contributed by atoms with Crippen LogP contribution >= 0.6 is 24.8 Å². The van der Waals surface area contributed by atoms with Crippen molar-refractivity contribution in [3.63, 3.8) is 0 Å². The number of non-ortho nitro benzene ring substituents is 2. The first-order valence-electron chi connectivity index (χ1n) is 30.0. The van der Waals surface area contributed by atoms with Gasteiger partial charge in [-0.25, -0.2) is 19.2 Å². The second-order valence-electron chi connectivity index (χ2n) is 22.0. The number of carboxylic acid groups (broad SMARTS) is 2. The molecule has 4 aromatic rings. The lowest BCUT2D eigenvalue weighted by Crippen LogP contribution is -2.36. The first kappa shape index (κ1) is 76.4. The van der Waals surface area contributed by atoms with Gasteiger partial charge in [-0.2, -0.15) is 0 Å². The quantitative estimate of drug-likeness (QED) is 0.00963. The Labute approximate surface area is 538 Å². The van der Waals surface area contributed by atoms with E-state index in [0.717, 1.165) is 82.3 Å². The van der Waals surface area contributed by atoms with Gasteiger partial charge in [-0.05, 0) is 102 Å². The van der Waals surface area contributed by atoms with Gasteiger partial charge in [0, 0.05) is 73.2 Å². The molecule has 90 heavy (non-hydrogen) atoms. The van der Waals surface area contributed by atoms with Crippen LogP contribution in [0.2, 0.25) is 0 Å². The number of rotatable bonds is 36. The predicted molar refractivity (Wildman–Crippen MR) is 347 cm³/mol. The molecule has 0 bridgehead atoms. The Hall–Kier alpha value is -7.86. The second kappa shape index (κ2) is 40.0. The summed E-state index contributed by atoms with van der Waals surface area (Å²) >= 11 is 0. The molecule has 0 radical (unpaired) electrons. The molecule has 2 heterocycles. The molecule has 0 saturated carbocycles. The molecule has 4 unspecified atom stereocenters. The Bertz CT molecular complexity index is 3070. The molecule has 2 aliphatic rings. The lowest BCUT2D eigenvalue weighted by atomic mass is 9.79. The minimum Gasteiger partial charge on any atom is -0.491 e. The van der Waals surface area contributed by atoms with E-state index in [-0.39, 0.29) is 90.5 Å². The number of aliphatic carboxylic acids is 2. The number of unbranched alkanes of at least 4 members (excludes halogenated alkanes) is 9. The number of hydrogen-bond acceptors (Lipinski definition) is 18. The van der Waals surface area contributed by atoms with Crippen molar-refractivity contribution in [3.8, 4) is 11.5 Å². The average Bonchev–Trinajstić information content (AvgIpc) is 0.794. The van der Waals surface area contributed by atoms with E-state index in [1.165, 1.54) is 50.2 Å². The summed E-state index contributed by atoms with van der Waals surface area (Å²) in [5, 5.41) is 71.5. The molecule has 4 aromatic carbocycles. The Morgan fingerprint density at radius 3 is 1.40 bits per heavy atom. The minimum absolute atomic E-state index is 0. The van der Waals surface area contributed by atoms with Crippen LogP contribution in [0.25, 0.3) is 0 Å². The lowest BCUT2D eigenvalue weighted by Gasteiger charge is -2.35. The predicted octanol–water partition coefficient (Wildman–Crippen LogP) is 11.2. The van der Waals surface area contributed by atoms with Gasteiger partial charge >= 0.3 is 23.9 Å². The number of nitro groups is 2. The lowest BCUT2D eigenvalue weighted by molar-refractivity contribution is -0.385. The van der Waals surface area contributed by atoms with Gasteiger partial charge in [-0.3, -0.25) is 20.2 Å². The van der Waals surface area contributed by atoms with Gasteiger partial charge in [0.05, 0.1) is 57.2 Å². The normalized spacial score (nSPS) is 15.0. The van der Waals surface area contributed by atoms with Crippen LogP contribution in [0.5, 0.6) is 11.5 Å². The van der Waals surface area contributed by atoms with E-state index in [2.05, 4.69) is 22.9 Å². The summed E-state index contributed by atoms with van der Waals surface area (Å²) in [5.74, 6) is -4.24. The summed E-state index contributed by atoms with van der Waals surface area (Å²) in [6.07, 6.45) is 10.1. The summed E-state index contributed by atoms with van der Waals surface area (Å²) in [6.45, 7) is 11.3. The third kappa shape index (κ3) is 24.2. The number of benzene rings is 4. The number of carboxylic acids is 2. The number of nitrogens with zero attached hydrogens (tertiary/aromatic N) is 3. The van der Waals surface area contributed by atoms with Crippen LogP contribution < -0.4 is 25.4 Å². The topological polar surface area (TPSA) is 312 Å². The Morgan fingerprint density at radius 1 is 0.567 bits per heavy atom. The first-order valence-corrected chi connectivity index (χ1v) is 30.0. The molecule has 0 spiro atoms. The molecule has 2 aliphatic heterocycles. The number of aliphatic hydroxyl groups excluding tert-OH is 2. The largest absolute Gasteiger partial charge is 0.491 e. The number of carbonyl (C=O) groups excluding carboxylic acids is 2. The molecule has 4 atom stereocenters. The molecule has 0 amide bonds. The molecule has 0 saturated heterocycles. The maximum atomic E-state index is 13.9. The second-order valence-corrected chi connectivity index (χ2v) is 22.0. The average molecular weight is 1290 g/mol. The molecule has 22 nitrogen and oxygen atoms in total. The SMILES string of the molecule is CC1=C(C(=O)O)C(c2cccc([N+](=O)[O-])c2)C(C(=O)O)=C(C)N1.CC1=C(C(=O)OCCCCCCCCCC(C)NCC(O)COc2ccccc2)C(c2cccc([N+](=O)[O-])c2)C(C(=O)OCCCCCCNCC(O)COc2ccccc2)=C(C)N1C.Cl.Cl. The van der Waals surface area contributed by atoms with Crippen LogP contribution in [0.1, 0.15) is 135 Å². The third-order valence-corrected chi connectivity index (χ3v) is 15.3. The van der Waals surface area contributed by atoms with Crippen LogP contribution in [0.3, 0.4) is 0 Å². The number of ether oxygens (including phenoxy) is 4. The minimum atomic E-state index is -1.28. The number of aliphatic hydroxyl groups is 2. The van der Waals surface area contributed by atoms with Crippen molar-refractivity contribution in [2.45, 2.75) is 142 Å². The molecule has 492 valence electrons. The van der Waals surface area contributed by atoms with Crippen LogP contribution in [0, 0.1) is 20.2 Å². The molecular weight excluding hydrogens is 1200 g/mol. The molecule has 6 rings (SSSR count). The van der Waals surface area contributed by atoms with Gasteiger partial charge in [-0.15, -0.1) is 24.8 Å². The van der Waals surface area contributed by atoms with Gasteiger partial charge in [-0.1, -0.05) is 112 Å². The zero-order valence-electron chi connectivity index (χ0n) is 52.1. The fourth-order valence-corrected chi connectivity index (χ4v) is 10.4. The van der Waals surface area contributed by atoms with E-state index in [9.17, 15) is 59.8 Å². The number of dihydropyridines is 1. The maximum absolute atomic E-state index is 13.9. The van der Waals surface area contributed by atoms with Crippen LogP contribution in [0.15, 0.2) is 154 Å². The van der Waals surface area contributed by atoms with Crippen molar-refractivity contribution >= 4 is 60.1 Å². The Balaban J connectivity index is 0.000000708. The Morgan fingerprint density at radius 2 is 0.967 bits per heavy atom. The van der Waals surface area contributed by atoms with Gasteiger partial charge in [0.15, 0.2) is 0 Å². The summed E-state index contributed by atoms with van der Waals surface area (Å²) < 4.78 is 22.9. The number of allylic oxidation sites excluding steroid dienone is 4. The summed E-state index contributed by atoms with van der Waals surface area (Å²) in [6, 6.07) is 30.5. The van der Waals surface area contributed by atoms with Crippen molar-refractivity contribution in [2.75, 3.05) is 53.1 Å². The standard InChI is InChI=1S/C51H72N4O10.C15H14N2O6.2ClH/c1-38(53-35-44(57)37-65-46-28-17-13-18-29-46)23-14-8-6-5-7-10-20-31-62-50(58)47-39(2)54(4)40(3)48(49(47)41-24-22-25-42(33-41)55(60)61)51(59)63-32-21-11-9-19-30-52-34-43(56)36-64-45-26-15-12-16-27-45;1-7-11(14(18)19)13(12(15(20)21)8(2)16-7)9-4-3-5-10(6-9)17(22)23;;/h12-13,15-18,22,24-29,33,38,43-44,49,52-53,56-57H,5-11,14,19-21,23,30-32,34-37H2,1-4H3;3-6,13,16H,1-2H3,(H,18,19)(H,20,21);2*1H. The number of nitrogens with one attached hydrogen (secondary N) is 3. The summed E-state index contributed by atoms with van der Waals surface area (Å²) in [7, 11) is 1.78. The van der Waals surface area contributed by atoms with Crippen molar-refractivity contribution in [3.05, 3.63) is 186 Å². The van der Waals surface area contributed by atoms with Crippen molar-refractivity contribution in [1.29, 1.82) is 0 Å². The zero-order chi connectivity index (χ0) is 64.1. The van der Waals surface area contributed by atoms with E-state index in [0.29, 0.717) is 60.3 Å².